The van der Waals surface area contributed by atoms with E-state index in [2.05, 4.69) is 10.7 Å². The summed E-state index contributed by atoms with van der Waals surface area (Å²) in [4.78, 5) is 32.6. The Hall–Kier alpha value is -1.28. The normalized spacial score (nSPS) is 15.1. The van der Waals surface area contributed by atoms with Gasteiger partial charge >= 0.3 is 5.97 Å². The number of aliphatic carboxylic acids is 1. The third-order valence-corrected chi connectivity index (χ3v) is 2.98. The van der Waals surface area contributed by atoms with Gasteiger partial charge < -0.3 is 10.4 Å². The molecule has 1 aliphatic rings. The molecule has 96 valence electrons. The maximum atomic E-state index is 11.2. The van der Waals surface area contributed by atoms with E-state index < -0.39 is 5.97 Å². The molecule has 0 radical (unpaired) electrons. The van der Waals surface area contributed by atoms with E-state index in [-0.39, 0.29) is 23.3 Å². The molecule has 0 aliphatic carbocycles. The summed E-state index contributed by atoms with van der Waals surface area (Å²) in [6.45, 7) is 1.43. The summed E-state index contributed by atoms with van der Waals surface area (Å²) in [6, 6.07) is 0. The number of carbonyl (C=O) groups is 3. The molecule has 0 bridgehead atoms. The quantitative estimate of drug-likeness (QED) is 0.524. The molecule has 1 fully saturated rings. The Morgan fingerprint density at radius 2 is 2.24 bits per heavy atom. The Morgan fingerprint density at radius 3 is 2.82 bits per heavy atom. The summed E-state index contributed by atoms with van der Waals surface area (Å²) in [5.41, 5.74) is 2.89. The summed E-state index contributed by atoms with van der Waals surface area (Å²) in [7, 11) is 0. The lowest BCUT2D eigenvalue weighted by molar-refractivity contribution is -0.134. The number of rotatable bonds is 7. The van der Waals surface area contributed by atoms with Crippen LogP contribution in [0.1, 0.15) is 6.42 Å². The smallest absolute Gasteiger partial charge is 0.313 e. The lowest BCUT2D eigenvalue weighted by atomic mass is 10.4. The monoisotopic (exact) mass is 261 g/mol. The number of hydrogen-bond donors (Lipinski definition) is 3. The fourth-order valence-electron chi connectivity index (χ4n) is 1.31. The highest BCUT2D eigenvalue weighted by molar-refractivity contribution is 8.00. The molecule has 0 spiro atoms. The lowest BCUT2D eigenvalue weighted by Crippen LogP contribution is -2.41. The van der Waals surface area contributed by atoms with E-state index >= 15 is 0 Å². The molecule has 0 aromatic rings. The zero-order valence-electron chi connectivity index (χ0n) is 9.27. The van der Waals surface area contributed by atoms with Crippen LogP contribution < -0.4 is 10.7 Å². The first-order valence-corrected chi connectivity index (χ1v) is 6.35. The predicted molar refractivity (Wildman–Crippen MR) is 62.3 cm³/mol. The van der Waals surface area contributed by atoms with Gasteiger partial charge in [-0.15, -0.1) is 11.8 Å². The second kappa shape index (κ2) is 7.13. The molecule has 8 heteroatoms. The molecule has 1 aliphatic heterocycles. The van der Waals surface area contributed by atoms with Gasteiger partial charge in [-0.05, 0) is 0 Å². The molecule has 7 nitrogen and oxygen atoms in total. The molecule has 3 N–H and O–H groups in total. The van der Waals surface area contributed by atoms with E-state index in [4.69, 9.17) is 5.11 Å². The summed E-state index contributed by atoms with van der Waals surface area (Å²) < 4.78 is 0. The van der Waals surface area contributed by atoms with Crippen LogP contribution in [0.2, 0.25) is 0 Å². The predicted octanol–water partition coefficient (Wildman–Crippen LogP) is -1.34. The van der Waals surface area contributed by atoms with Crippen LogP contribution in [-0.4, -0.2) is 59.0 Å². The van der Waals surface area contributed by atoms with Crippen molar-refractivity contribution in [3.63, 3.8) is 0 Å². The van der Waals surface area contributed by atoms with Crippen molar-refractivity contribution in [3.8, 4) is 0 Å². The van der Waals surface area contributed by atoms with Gasteiger partial charge in [0.15, 0.2) is 0 Å². The Bertz CT molecular complexity index is 311. The van der Waals surface area contributed by atoms with Crippen molar-refractivity contribution in [2.45, 2.75) is 6.42 Å². The van der Waals surface area contributed by atoms with Crippen LogP contribution in [0, 0.1) is 0 Å². The van der Waals surface area contributed by atoms with E-state index in [1.807, 2.05) is 0 Å². The third-order valence-electron chi connectivity index (χ3n) is 2.06. The first kappa shape index (κ1) is 13.8. The number of carbonyl (C=O) groups excluding carboxylic acids is 2. The molecule has 1 heterocycles. The largest absolute Gasteiger partial charge is 0.481 e. The van der Waals surface area contributed by atoms with Crippen LogP contribution in [0.25, 0.3) is 0 Å². The van der Waals surface area contributed by atoms with Crippen molar-refractivity contribution in [1.29, 1.82) is 0 Å². The first-order chi connectivity index (χ1) is 8.09. The fourth-order valence-corrected chi connectivity index (χ4v) is 1.88. The van der Waals surface area contributed by atoms with Gasteiger partial charge in [0.25, 0.3) is 0 Å². The van der Waals surface area contributed by atoms with Crippen molar-refractivity contribution in [3.05, 3.63) is 0 Å². The standard InChI is InChI=1S/C9H15N3O4S/c13-7(5-17-6-9(15)16)10-3-4-12-8(14)1-2-11-12/h11H,1-6H2,(H,10,13)(H,15,16). The maximum Gasteiger partial charge on any atom is 0.313 e. The van der Waals surface area contributed by atoms with Crippen LogP contribution in [0.4, 0.5) is 0 Å². The molecule has 0 atom stereocenters. The maximum absolute atomic E-state index is 11.2. The number of hydrogen-bond acceptors (Lipinski definition) is 5. The fraction of sp³-hybridized carbons (Fsp3) is 0.667. The second-order valence-electron chi connectivity index (χ2n) is 3.44. The van der Waals surface area contributed by atoms with Crippen molar-refractivity contribution in [1.82, 2.24) is 15.8 Å². The first-order valence-electron chi connectivity index (χ1n) is 5.19. The topological polar surface area (TPSA) is 98.7 Å². The average Bonchev–Trinajstić information content (AvgIpc) is 2.64. The highest BCUT2D eigenvalue weighted by Gasteiger charge is 2.18. The zero-order valence-corrected chi connectivity index (χ0v) is 10.1. The van der Waals surface area contributed by atoms with Crippen molar-refractivity contribution in [2.24, 2.45) is 0 Å². The molecule has 2 amide bonds. The van der Waals surface area contributed by atoms with Gasteiger partial charge in [0.2, 0.25) is 11.8 Å². The number of nitrogens with zero attached hydrogens (tertiary/aromatic N) is 1. The zero-order chi connectivity index (χ0) is 12.7. The number of carboxylic acids is 1. The van der Waals surface area contributed by atoms with E-state index in [0.717, 1.165) is 11.8 Å². The van der Waals surface area contributed by atoms with Gasteiger partial charge in [0.1, 0.15) is 0 Å². The lowest BCUT2D eigenvalue weighted by Gasteiger charge is -2.15. The van der Waals surface area contributed by atoms with E-state index in [9.17, 15) is 14.4 Å². The molecule has 0 aromatic carbocycles. The number of carboxylic acid groups (broad SMARTS) is 1. The van der Waals surface area contributed by atoms with E-state index in [1.54, 1.807) is 0 Å². The molecule has 1 saturated heterocycles. The summed E-state index contributed by atoms with van der Waals surface area (Å²) in [6.07, 6.45) is 0.489. The van der Waals surface area contributed by atoms with E-state index in [1.165, 1.54) is 5.01 Å². The van der Waals surface area contributed by atoms with Crippen molar-refractivity contribution >= 4 is 29.5 Å². The van der Waals surface area contributed by atoms with Crippen LogP contribution in [0.5, 0.6) is 0 Å². The minimum atomic E-state index is -0.935. The van der Waals surface area contributed by atoms with Gasteiger partial charge in [0.05, 0.1) is 18.1 Å². The molecule has 1 rings (SSSR count). The third kappa shape index (κ3) is 5.55. The SMILES string of the molecule is O=C(O)CSCC(=O)NCCN1NCCC1=O. The Kier molecular flexibility index (Phi) is 5.78. The Morgan fingerprint density at radius 1 is 1.47 bits per heavy atom. The van der Waals surface area contributed by atoms with Crippen LogP contribution in [-0.2, 0) is 14.4 Å². The summed E-state index contributed by atoms with van der Waals surface area (Å²) >= 11 is 1.04. The number of hydrazine groups is 1. The van der Waals surface area contributed by atoms with Gasteiger partial charge in [-0.2, -0.15) is 0 Å². The van der Waals surface area contributed by atoms with E-state index in [0.29, 0.717) is 26.1 Å². The Balaban J connectivity index is 2.03. The van der Waals surface area contributed by atoms with Gasteiger partial charge in [0, 0.05) is 19.5 Å². The number of amides is 2. The minimum Gasteiger partial charge on any atom is -0.481 e. The number of thioether (sulfide) groups is 1. The summed E-state index contributed by atoms with van der Waals surface area (Å²) in [5.74, 6) is -1.09. The highest BCUT2D eigenvalue weighted by atomic mass is 32.2. The number of nitrogens with one attached hydrogen (secondary N) is 2. The van der Waals surface area contributed by atoms with Gasteiger partial charge in [-0.3, -0.25) is 19.4 Å². The molecule has 17 heavy (non-hydrogen) atoms. The van der Waals surface area contributed by atoms with Crippen LogP contribution >= 0.6 is 11.8 Å². The summed E-state index contributed by atoms with van der Waals surface area (Å²) in [5, 5.41) is 12.5. The average molecular weight is 261 g/mol. The van der Waals surface area contributed by atoms with Crippen LogP contribution in [0.3, 0.4) is 0 Å². The molecule has 0 unspecified atom stereocenters. The van der Waals surface area contributed by atoms with Crippen molar-refractivity contribution < 1.29 is 19.5 Å². The Labute approximate surface area is 103 Å². The van der Waals surface area contributed by atoms with Crippen molar-refractivity contribution in [2.75, 3.05) is 31.1 Å². The van der Waals surface area contributed by atoms with Gasteiger partial charge in [-0.25, -0.2) is 5.43 Å². The van der Waals surface area contributed by atoms with Gasteiger partial charge in [-0.1, -0.05) is 0 Å². The van der Waals surface area contributed by atoms with Crippen LogP contribution in [0.15, 0.2) is 0 Å². The minimum absolute atomic E-state index is 0.0273. The molecule has 0 saturated carbocycles. The molecule has 0 aromatic heterocycles. The highest BCUT2D eigenvalue weighted by Crippen LogP contribution is 1.99. The molecular formula is C9H15N3O4S. The second-order valence-corrected chi connectivity index (χ2v) is 4.43. The molecular weight excluding hydrogens is 246 g/mol.